The van der Waals surface area contributed by atoms with E-state index >= 15 is 0 Å². The second kappa shape index (κ2) is 9.94. The van der Waals surface area contributed by atoms with Crippen molar-refractivity contribution in [2.24, 2.45) is 0 Å². The molecule has 0 radical (unpaired) electrons. The number of allylic oxidation sites excluding steroid dienone is 1. The highest BCUT2D eigenvalue weighted by atomic mass is 35.5. The zero-order chi connectivity index (χ0) is 18.9. The maximum absolute atomic E-state index is 11.8. The van der Waals surface area contributed by atoms with Crippen LogP contribution in [0.1, 0.15) is 12.5 Å². The minimum atomic E-state index is -0.668. The Morgan fingerprint density at radius 3 is 2.50 bits per heavy atom. The fraction of sp³-hybridized carbons (Fsp3) is 0.211. The summed E-state index contributed by atoms with van der Waals surface area (Å²) in [5.74, 6) is 1.17. The van der Waals surface area contributed by atoms with Gasteiger partial charge in [0.15, 0.2) is 11.5 Å². The number of anilines is 1. The van der Waals surface area contributed by atoms with Gasteiger partial charge in [-0.1, -0.05) is 47.5 Å². The molecule has 2 aromatic carbocycles. The normalized spacial score (nSPS) is 10.6. The number of hydrogen-bond acceptors (Lipinski definition) is 4. The first-order valence-corrected chi connectivity index (χ1v) is 8.62. The summed E-state index contributed by atoms with van der Waals surface area (Å²) in [5, 5.41) is 3.17. The number of nitrogens with one attached hydrogen (secondary N) is 1. The Morgan fingerprint density at radius 1 is 1.12 bits per heavy atom. The summed E-state index contributed by atoms with van der Waals surface area (Å²) >= 11 is 12.0. The number of amides is 1. The lowest BCUT2D eigenvalue weighted by atomic mass is 10.2. The van der Waals surface area contributed by atoms with Crippen LogP contribution in [0.15, 0.2) is 42.5 Å². The molecule has 5 nitrogen and oxygen atoms in total. The zero-order valence-corrected chi connectivity index (χ0v) is 15.9. The summed E-state index contributed by atoms with van der Waals surface area (Å²) in [7, 11) is 1.57. The Hall–Kier alpha value is -2.37. The van der Waals surface area contributed by atoms with Crippen LogP contribution in [-0.4, -0.2) is 26.4 Å². The highest BCUT2D eigenvalue weighted by Crippen LogP contribution is 2.30. The lowest BCUT2D eigenvalue weighted by Gasteiger charge is -2.12. The fourth-order valence-corrected chi connectivity index (χ4v) is 2.63. The first-order valence-electron chi connectivity index (χ1n) is 7.86. The molecule has 0 unspecified atom stereocenters. The molecule has 1 amide bonds. The fourth-order valence-electron chi connectivity index (χ4n) is 2.14. The van der Waals surface area contributed by atoms with Crippen LogP contribution in [0.2, 0.25) is 10.0 Å². The molecular formula is C19H19Cl2NO4. The van der Waals surface area contributed by atoms with Gasteiger partial charge in [-0.2, -0.15) is 0 Å². The molecule has 0 aliphatic carbocycles. The smallest absolute Gasteiger partial charge is 0.411 e. The average molecular weight is 396 g/mol. The van der Waals surface area contributed by atoms with Crippen LogP contribution in [0.5, 0.6) is 11.5 Å². The molecule has 0 spiro atoms. The van der Waals surface area contributed by atoms with Crippen molar-refractivity contribution in [1.82, 2.24) is 0 Å². The SMILES string of the molecule is C/C=C\c1ccc(OCCOC(=O)Nc2c(Cl)cccc2Cl)c(OC)c1. The Bertz CT molecular complexity index is 773. The number of ether oxygens (including phenoxy) is 3. The molecule has 0 heterocycles. The molecule has 0 aromatic heterocycles. The molecule has 0 bridgehead atoms. The van der Waals surface area contributed by atoms with Gasteiger partial charge in [0.05, 0.1) is 22.8 Å². The van der Waals surface area contributed by atoms with E-state index in [9.17, 15) is 4.79 Å². The molecule has 7 heteroatoms. The Balaban J connectivity index is 1.84. The van der Waals surface area contributed by atoms with Gasteiger partial charge in [-0.05, 0) is 36.8 Å². The van der Waals surface area contributed by atoms with Gasteiger partial charge >= 0.3 is 6.09 Å². The molecule has 26 heavy (non-hydrogen) atoms. The number of halogens is 2. The van der Waals surface area contributed by atoms with E-state index in [1.54, 1.807) is 31.4 Å². The molecule has 0 saturated heterocycles. The predicted octanol–water partition coefficient (Wildman–Crippen LogP) is 5.66. The van der Waals surface area contributed by atoms with Crippen LogP contribution in [-0.2, 0) is 4.74 Å². The van der Waals surface area contributed by atoms with Gasteiger partial charge in [0.1, 0.15) is 13.2 Å². The van der Waals surface area contributed by atoms with E-state index in [1.165, 1.54) is 0 Å². The van der Waals surface area contributed by atoms with Crippen molar-refractivity contribution >= 4 is 41.1 Å². The molecule has 1 N–H and O–H groups in total. The molecule has 0 aliphatic heterocycles. The van der Waals surface area contributed by atoms with Crippen molar-refractivity contribution in [1.29, 1.82) is 0 Å². The monoisotopic (exact) mass is 395 g/mol. The molecule has 0 saturated carbocycles. The number of para-hydroxylation sites is 1. The van der Waals surface area contributed by atoms with Gasteiger partial charge in [-0.3, -0.25) is 5.32 Å². The number of methoxy groups -OCH3 is 1. The molecule has 0 fully saturated rings. The maximum atomic E-state index is 11.8. The minimum absolute atomic E-state index is 0.0493. The van der Waals surface area contributed by atoms with Crippen molar-refractivity contribution in [2.75, 3.05) is 25.6 Å². The second-order valence-electron chi connectivity index (χ2n) is 5.12. The van der Waals surface area contributed by atoms with Crippen molar-refractivity contribution in [3.05, 3.63) is 58.1 Å². The summed E-state index contributed by atoms with van der Waals surface area (Å²) in [6.07, 6.45) is 3.23. The van der Waals surface area contributed by atoms with Gasteiger partial charge in [0, 0.05) is 0 Å². The molecule has 0 atom stereocenters. The van der Waals surface area contributed by atoms with Crippen LogP contribution in [0.25, 0.3) is 6.08 Å². The highest BCUT2D eigenvalue weighted by molar-refractivity contribution is 6.39. The first-order chi connectivity index (χ1) is 12.5. The minimum Gasteiger partial charge on any atom is -0.493 e. The van der Waals surface area contributed by atoms with E-state index in [1.807, 2.05) is 31.2 Å². The number of carbonyl (C=O) groups excluding carboxylic acids is 1. The van der Waals surface area contributed by atoms with Crippen LogP contribution in [0.4, 0.5) is 10.5 Å². The molecule has 138 valence electrons. The molecular weight excluding hydrogens is 377 g/mol. The van der Waals surface area contributed by atoms with Crippen molar-refractivity contribution < 1.29 is 19.0 Å². The summed E-state index contributed by atoms with van der Waals surface area (Å²) in [5.41, 5.74) is 1.31. The van der Waals surface area contributed by atoms with E-state index in [-0.39, 0.29) is 13.2 Å². The zero-order valence-electron chi connectivity index (χ0n) is 14.4. The summed E-state index contributed by atoms with van der Waals surface area (Å²) < 4.78 is 16.0. The third-order valence-electron chi connectivity index (χ3n) is 3.31. The van der Waals surface area contributed by atoms with Gasteiger partial charge in [-0.25, -0.2) is 4.79 Å². The van der Waals surface area contributed by atoms with Crippen LogP contribution in [0, 0.1) is 0 Å². The Labute approximate surface area is 162 Å². The van der Waals surface area contributed by atoms with E-state index in [0.717, 1.165) is 5.56 Å². The molecule has 0 aliphatic rings. The maximum Gasteiger partial charge on any atom is 0.411 e. The Kier molecular flexibility index (Phi) is 7.63. The van der Waals surface area contributed by atoms with Gasteiger partial charge < -0.3 is 14.2 Å². The number of hydrogen-bond donors (Lipinski definition) is 1. The third-order valence-corrected chi connectivity index (χ3v) is 3.94. The summed E-state index contributed by atoms with van der Waals surface area (Å²) in [6, 6.07) is 10.5. The topological polar surface area (TPSA) is 56.8 Å². The van der Waals surface area contributed by atoms with E-state index < -0.39 is 6.09 Å². The van der Waals surface area contributed by atoms with Gasteiger partial charge in [-0.15, -0.1) is 0 Å². The third kappa shape index (κ3) is 5.58. The van der Waals surface area contributed by atoms with Crippen LogP contribution < -0.4 is 14.8 Å². The quantitative estimate of drug-likeness (QED) is 0.614. The van der Waals surface area contributed by atoms with Crippen molar-refractivity contribution in [2.45, 2.75) is 6.92 Å². The lowest BCUT2D eigenvalue weighted by molar-refractivity contribution is 0.136. The van der Waals surface area contributed by atoms with Gasteiger partial charge in [0.2, 0.25) is 0 Å². The largest absolute Gasteiger partial charge is 0.493 e. The standard InChI is InChI=1S/C19H19Cl2NO4/c1-3-5-13-8-9-16(17(12-13)24-2)25-10-11-26-19(23)22-18-14(20)6-4-7-15(18)21/h3-9,12H,10-11H2,1-2H3,(H,22,23)/b5-3-. The highest BCUT2D eigenvalue weighted by Gasteiger charge is 2.11. The molecule has 2 aromatic rings. The molecule has 2 rings (SSSR count). The van der Waals surface area contributed by atoms with Crippen LogP contribution >= 0.6 is 23.2 Å². The van der Waals surface area contributed by atoms with E-state index in [2.05, 4.69) is 5.32 Å². The van der Waals surface area contributed by atoms with Crippen LogP contribution in [0.3, 0.4) is 0 Å². The number of benzene rings is 2. The van der Waals surface area contributed by atoms with E-state index in [0.29, 0.717) is 27.2 Å². The summed E-state index contributed by atoms with van der Waals surface area (Å²) in [6.45, 7) is 2.16. The first kappa shape index (κ1) is 19.9. The summed E-state index contributed by atoms with van der Waals surface area (Å²) in [4.78, 5) is 11.8. The lowest BCUT2D eigenvalue weighted by Crippen LogP contribution is -2.18. The van der Waals surface area contributed by atoms with E-state index in [4.69, 9.17) is 37.4 Å². The Morgan fingerprint density at radius 2 is 1.85 bits per heavy atom. The van der Waals surface area contributed by atoms with Gasteiger partial charge in [0.25, 0.3) is 0 Å². The van der Waals surface area contributed by atoms with Crippen molar-refractivity contribution in [3.63, 3.8) is 0 Å². The number of rotatable bonds is 7. The second-order valence-corrected chi connectivity index (χ2v) is 5.93. The average Bonchev–Trinajstić information content (AvgIpc) is 2.63. The predicted molar refractivity (Wildman–Crippen MR) is 105 cm³/mol. The number of carbonyl (C=O) groups is 1. The van der Waals surface area contributed by atoms with Crippen molar-refractivity contribution in [3.8, 4) is 11.5 Å².